The van der Waals surface area contributed by atoms with Gasteiger partial charge in [-0.05, 0) is 46.5 Å². The van der Waals surface area contributed by atoms with Crippen LogP contribution in [0.1, 0.15) is 24.0 Å². The Balaban J connectivity index is 0.000000167. The molecule has 2 nitrogen and oxygen atoms in total. The fraction of sp³-hybridized carbons (Fsp3) is 0.0769. The Hall–Kier alpha value is -3.52. The molecule has 0 saturated heterocycles. The molecule has 0 spiro atoms. The van der Waals surface area contributed by atoms with Crippen LogP contribution in [0.5, 0.6) is 11.5 Å². The Kier molecular flexibility index (Phi) is 6.48. The Morgan fingerprint density at radius 2 is 0.786 bits per heavy atom. The van der Waals surface area contributed by atoms with Crippen LogP contribution in [0.15, 0.2) is 109 Å². The average Bonchev–Trinajstić information content (AvgIpc) is 2.76. The Morgan fingerprint density at radius 1 is 0.464 bits per heavy atom. The standard InChI is InChI=1S/C14H14O2.C12H10/c1-10(11-2-6-13(15)7-3-11)12-4-8-14(16)9-5-12;1-3-7-11(8-4-1)12-9-5-2-6-10-12/h2-10,15-16H,1H3;1-10H. The van der Waals surface area contributed by atoms with Crippen LogP contribution in [0.25, 0.3) is 11.1 Å². The highest BCUT2D eigenvalue weighted by Gasteiger charge is 2.07. The third-order valence-electron chi connectivity index (χ3n) is 4.67. The fourth-order valence-electron chi connectivity index (χ4n) is 2.98. The minimum Gasteiger partial charge on any atom is -0.508 e. The van der Waals surface area contributed by atoms with E-state index in [0.717, 1.165) is 11.1 Å². The van der Waals surface area contributed by atoms with Crippen LogP contribution >= 0.6 is 0 Å². The molecule has 28 heavy (non-hydrogen) atoms. The zero-order valence-electron chi connectivity index (χ0n) is 15.9. The van der Waals surface area contributed by atoms with Crippen LogP contribution in [0.2, 0.25) is 0 Å². The molecule has 0 aliphatic rings. The second kappa shape index (κ2) is 9.43. The van der Waals surface area contributed by atoms with Crippen molar-refractivity contribution in [2.24, 2.45) is 0 Å². The first-order valence-corrected chi connectivity index (χ1v) is 9.32. The number of hydrogen-bond donors (Lipinski definition) is 2. The number of phenolic OH excluding ortho intramolecular Hbond substituents is 2. The Bertz CT molecular complexity index is 877. The third-order valence-corrected chi connectivity index (χ3v) is 4.67. The van der Waals surface area contributed by atoms with Gasteiger partial charge in [0, 0.05) is 5.92 Å². The summed E-state index contributed by atoms with van der Waals surface area (Å²) in [7, 11) is 0. The van der Waals surface area contributed by atoms with Crippen LogP contribution in [-0.4, -0.2) is 10.2 Å². The van der Waals surface area contributed by atoms with E-state index in [-0.39, 0.29) is 17.4 Å². The predicted octanol–water partition coefficient (Wildman–Crippen LogP) is 6.60. The van der Waals surface area contributed by atoms with Crippen molar-refractivity contribution in [2.75, 3.05) is 0 Å². The Morgan fingerprint density at radius 3 is 1.11 bits per heavy atom. The van der Waals surface area contributed by atoms with Gasteiger partial charge in [0.05, 0.1) is 0 Å². The molecular weight excluding hydrogens is 344 g/mol. The maximum Gasteiger partial charge on any atom is 0.115 e. The van der Waals surface area contributed by atoms with E-state index in [9.17, 15) is 10.2 Å². The molecule has 4 aromatic carbocycles. The lowest BCUT2D eigenvalue weighted by atomic mass is 9.93. The summed E-state index contributed by atoms with van der Waals surface area (Å²) >= 11 is 0. The van der Waals surface area contributed by atoms with Gasteiger partial charge in [0.15, 0.2) is 0 Å². The van der Waals surface area contributed by atoms with Gasteiger partial charge >= 0.3 is 0 Å². The highest BCUT2D eigenvalue weighted by atomic mass is 16.3. The van der Waals surface area contributed by atoms with Crippen molar-refractivity contribution in [3.8, 4) is 22.6 Å². The molecule has 2 N–H and O–H groups in total. The van der Waals surface area contributed by atoms with Crippen molar-refractivity contribution in [2.45, 2.75) is 12.8 Å². The van der Waals surface area contributed by atoms with Gasteiger partial charge in [0.25, 0.3) is 0 Å². The number of rotatable bonds is 3. The normalized spacial score (nSPS) is 10.2. The van der Waals surface area contributed by atoms with Gasteiger partial charge in [-0.15, -0.1) is 0 Å². The second-order valence-corrected chi connectivity index (χ2v) is 6.64. The summed E-state index contributed by atoms with van der Waals surface area (Å²) in [6.07, 6.45) is 0. The van der Waals surface area contributed by atoms with Gasteiger partial charge in [-0.3, -0.25) is 0 Å². The summed E-state index contributed by atoms with van der Waals surface area (Å²) in [6, 6.07) is 35.2. The molecule has 140 valence electrons. The molecule has 0 aromatic heterocycles. The zero-order chi connectivity index (χ0) is 19.8. The van der Waals surface area contributed by atoms with E-state index in [1.54, 1.807) is 24.3 Å². The van der Waals surface area contributed by atoms with Gasteiger partial charge in [-0.25, -0.2) is 0 Å². The lowest BCUT2D eigenvalue weighted by Crippen LogP contribution is -1.94. The van der Waals surface area contributed by atoms with E-state index in [0.29, 0.717) is 0 Å². The molecule has 0 atom stereocenters. The van der Waals surface area contributed by atoms with Crippen LogP contribution in [0.4, 0.5) is 0 Å². The first-order valence-electron chi connectivity index (χ1n) is 9.32. The summed E-state index contributed by atoms with van der Waals surface area (Å²) in [5, 5.41) is 18.4. The maximum absolute atomic E-state index is 9.21. The topological polar surface area (TPSA) is 40.5 Å². The summed E-state index contributed by atoms with van der Waals surface area (Å²) in [5.41, 5.74) is 4.84. The predicted molar refractivity (Wildman–Crippen MR) is 116 cm³/mol. The minimum absolute atomic E-state index is 0.251. The largest absolute Gasteiger partial charge is 0.508 e. The van der Waals surface area contributed by atoms with Gasteiger partial charge in [-0.1, -0.05) is 91.9 Å². The minimum atomic E-state index is 0.251. The highest BCUT2D eigenvalue weighted by molar-refractivity contribution is 5.62. The summed E-state index contributed by atoms with van der Waals surface area (Å²) < 4.78 is 0. The van der Waals surface area contributed by atoms with Crippen molar-refractivity contribution < 1.29 is 10.2 Å². The number of aromatic hydroxyl groups is 2. The molecule has 0 radical (unpaired) electrons. The maximum atomic E-state index is 9.21. The van der Waals surface area contributed by atoms with E-state index in [2.05, 4.69) is 55.5 Å². The van der Waals surface area contributed by atoms with Crippen molar-refractivity contribution in [1.29, 1.82) is 0 Å². The molecule has 0 aliphatic carbocycles. The van der Waals surface area contributed by atoms with Crippen LogP contribution in [0.3, 0.4) is 0 Å². The molecule has 4 aromatic rings. The van der Waals surface area contributed by atoms with E-state index < -0.39 is 0 Å². The number of hydrogen-bond acceptors (Lipinski definition) is 2. The first kappa shape index (κ1) is 19.2. The highest BCUT2D eigenvalue weighted by Crippen LogP contribution is 2.26. The summed E-state index contributed by atoms with van der Waals surface area (Å²) in [5.74, 6) is 0.810. The van der Waals surface area contributed by atoms with Gasteiger partial charge in [0.2, 0.25) is 0 Å². The average molecular weight is 368 g/mol. The molecule has 0 saturated carbocycles. The second-order valence-electron chi connectivity index (χ2n) is 6.64. The molecule has 2 heteroatoms. The molecule has 4 rings (SSSR count). The summed E-state index contributed by atoms with van der Waals surface area (Å²) in [4.78, 5) is 0. The molecular formula is C26H24O2. The smallest absolute Gasteiger partial charge is 0.115 e. The number of benzene rings is 4. The lowest BCUT2D eigenvalue weighted by Gasteiger charge is -2.12. The van der Waals surface area contributed by atoms with Gasteiger partial charge in [0.1, 0.15) is 11.5 Å². The molecule has 0 unspecified atom stereocenters. The molecule has 0 aliphatic heterocycles. The fourth-order valence-corrected chi connectivity index (χ4v) is 2.98. The van der Waals surface area contributed by atoms with Crippen molar-refractivity contribution >= 4 is 0 Å². The lowest BCUT2D eigenvalue weighted by molar-refractivity contribution is 0.475. The van der Waals surface area contributed by atoms with E-state index >= 15 is 0 Å². The molecule has 0 heterocycles. The quantitative estimate of drug-likeness (QED) is 0.427. The van der Waals surface area contributed by atoms with Crippen LogP contribution < -0.4 is 0 Å². The van der Waals surface area contributed by atoms with Gasteiger partial charge in [-0.2, -0.15) is 0 Å². The third kappa shape index (κ3) is 5.24. The summed E-state index contributed by atoms with van der Waals surface area (Å²) in [6.45, 7) is 2.10. The van der Waals surface area contributed by atoms with Crippen molar-refractivity contribution in [1.82, 2.24) is 0 Å². The van der Waals surface area contributed by atoms with Gasteiger partial charge < -0.3 is 10.2 Å². The first-order chi connectivity index (χ1) is 13.6. The van der Waals surface area contributed by atoms with E-state index in [1.165, 1.54) is 11.1 Å². The molecule has 0 bridgehead atoms. The number of phenols is 2. The van der Waals surface area contributed by atoms with Crippen molar-refractivity contribution in [3.05, 3.63) is 120 Å². The van der Waals surface area contributed by atoms with Crippen molar-refractivity contribution in [3.63, 3.8) is 0 Å². The zero-order valence-corrected chi connectivity index (χ0v) is 15.9. The Labute approximate surface area is 166 Å². The van der Waals surface area contributed by atoms with Crippen LogP contribution in [-0.2, 0) is 0 Å². The van der Waals surface area contributed by atoms with E-state index in [4.69, 9.17) is 0 Å². The monoisotopic (exact) mass is 368 g/mol. The van der Waals surface area contributed by atoms with Crippen LogP contribution in [0, 0.1) is 0 Å². The molecule has 0 fully saturated rings. The molecule has 0 amide bonds. The SMILES string of the molecule is CC(c1ccc(O)cc1)c1ccc(O)cc1.c1ccc(-c2ccccc2)cc1. The van der Waals surface area contributed by atoms with E-state index in [1.807, 2.05) is 36.4 Å².